The molecule has 0 spiro atoms. The molecule has 0 saturated carbocycles. The summed E-state index contributed by atoms with van der Waals surface area (Å²) in [5.41, 5.74) is 6.24. The average Bonchev–Trinajstić information content (AvgIpc) is 2.21. The lowest BCUT2D eigenvalue weighted by Crippen LogP contribution is -2.49. The normalized spacial score (nSPS) is 19.6. The van der Waals surface area contributed by atoms with Crippen LogP contribution in [0.1, 0.15) is 11.6 Å². The van der Waals surface area contributed by atoms with Crippen molar-refractivity contribution in [2.75, 3.05) is 13.2 Å². The summed E-state index contributed by atoms with van der Waals surface area (Å²) in [6.07, 6.45) is 0. The smallest absolute Gasteiger partial charge is 0.123 e. The van der Waals surface area contributed by atoms with Gasteiger partial charge in [0.2, 0.25) is 0 Å². The van der Waals surface area contributed by atoms with E-state index in [9.17, 15) is 0 Å². The van der Waals surface area contributed by atoms with Crippen molar-refractivity contribution in [3.8, 4) is 6.07 Å². The van der Waals surface area contributed by atoms with E-state index in [0.717, 1.165) is 5.56 Å². The highest BCUT2D eigenvalue weighted by atomic mass is 35.5. The Hall–Kier alpha value is -0.790. The molecule has 1 aliphatic heterocycles. The van der Waals surface area contributed by atoms with Crippen LogP contribution in [0, 0.1) is 16.7 Å². The van der Waals surface area contributed by atoms with E-state index in [-0.39, 0.29) is 0 Å². The van der Waals surface area contributed by atoms with Crippen LogP contribution in [-0.2, 0) is 4.74 Å². The number of nitrogens with two attached hydrogens (primary N) is 1. The Balaban J connectivity index is 2.31. The van der Waals surface area contributed by atoms with Gasteiger partial charge >= 0.3 is 0 Å². The highest BCUT2D eigenvalue weighted by Crippen LogP contribution is 2.39. The molecular formula is C11H10Cl2N2O. The largest absolute Gasteiger partial charge is 0.378 e. The van der Waals surface area contributed by atoms with Crippen LogP contribution in [0.4, 0.5) is 0 Å². The van der Waals surface area contributed by atoms with Crippen LogP contribution < -0.4 is 5.73 Å². The minimum Gasteiger partial charge on any atom is -0.378 e. The number of hydrogen-bond donors (Lipinski definition) is 1. The molecule has 2 rings (SSSR count). The second-order valence-corrected chi connectivity index (χ2v) is 4.73. The first-order chi connectivity index (χ1) is 7.59. The fourth-order valence-corrected chi connectivity index (χ4v) is 1.97. The minimum absolute atomic E-state index is 0.366. The van der Waals surface area contributed by atoms with Gasteiger partial charge in [-0.1, -0.05) is 29.3 Å². The van der Waals surface area contributed by atoms with Crippen LogP contribution in [0.5, 0.6) is 0 Å². The van der Waals surface area contributed by atoms with E-state index in [1.807, 2.05) is 0 Å². The van der Waals surface area contributed by atoms with E-state index in [1.54, 1.807) is 18.2 Å². The fraction of sp³-hybridized carbons (Fsp3) is 0.364. The van der Waals surface area contributed by atoms with Gasteiger partial charge in [-0.05, 0) is 17.7 Å². The number of nitrogens with zero attached hydrogens (tertiary/aromatic N) is 1. The minimum atomic E-state index is -0.628. The molecule has 1 aromatic rings. The van der Waals surface area contributed by atoms with Gasteiger partial charge in [-0.3, -0.25) is 0 Å². The Labute approximate surface area is 104 Å². The molecule has 1 aliphatic rings. The van der Waals surface area contributed by atoms with Crippen LogP contribution in [-0.4, -0.2) is 13.2 Å². The molecule has 0 amide bonds. The van der Waals surface area contributed by atoms with E-state index >= 15 is 0 Å². The monoisotopic (exact) mass is 256 g/mol. The summed E-state index contributed by atoms with van der Waals surface area (Å²) in [6.45, 7) is 0.732. The zero-order valence-corrected chi connectivity index (χ0v) is 9.92. The van der Waals surface area contributed by atoms with Crippen LogP contribution >= 0.6 is 23.2 Å². The van der Waals surface area contributed by atoms with Gasteiger partial charge in [-0.2, -0.15) is 5.26 Å². The van der Waals surface area contributed by atoms with Crippen LogP contribution in [0.2, 0.25) is 10.0 Å². The molecular weight excluding hydrogens is 247 g/mol. The fourth-order valence-electron chi connectivity index (χ4n) is 1.66. The Kier molecular flexibility index (Phi) is 3.09. The number of ether oxygens (including phenoxy) is 1. The van der Waals surface area contributed by atoms with Gasteiger partial charge < -0.3 is 10.5 Å². The Bertz CT molecular complexity index is 452. The van der Waals surface area contributed by atoms with E-state index in [1.165, 1.54) is 0 Å². The topological polar surface area (TPSA) is 59.0 Å². The maximum Gasteiger partial charge on any atom is 0.123 e. The molecule has 1 aromatic carbocycles. The molecule has 0 radical (unpaired) electrons. The van der Waals surface area contributed by atoms with Crippen molar-refractivity contribution in [3.05, 3.63) is 33.8 Å². The van der Waals surface area contributed by atoms with E-state index in [4.69, 9.17) is 38.9 Å². The van der Waals surface area contributed by atoms with Gasteiger partial charge in [-0.15, -0.1) is 0 Å². The van der Waals surface area contributed by atoms with Gasteiger partial charge in [0.25, 0.3) is 0 Å². The van der Waals surface area contributed by atoms with Crippen LogP contribution in [0.15, 0.2) is 18.2 Å². The number of rotatable bonds is 2. The molecule has 1 atom stereocenters. The van der Waals surface area contributed by atoms with Crippen molar-refractivity contribution in [1.29, 1.82) is 5.26 Å². The summed E-state index contributed by atoms with van der Waals surface area (Å²) in [7, 11) is 0. The third kappa shape index (κ3) is 1.79. The first-order valence-corrected chi connectivity index (χ1v) is 5.54. The number of nitriles is 1. The van der Waals surface area contributed by atoms with E-state index in [2.05, 4.69) is 6.07 Å². The molecule has 16 heavy (non-hydrogen) atoms. The number of halogens is 2. The van der Waals surface area contributed by atoms with Crippen molar-refractivity contribution in [2.45, 2.75) is 6.04 Å². The maximum atomic E-state index is 9.12. The molecule has 0 aromatic heterocycles. The Morgan fingerprint density at radius 2 is 2.06 bits per heavy atom. The predicted molar refractivity (Wildman–Crippen MR) is 62.3 cm³/mol. The van der Waals surface area contributed by atoms with E-state index < -0.39 is 11.5 Å². The van der Waals surface area contributed by atoms with Gasteiger partial charge in [0.1, 0.15) is 5.41 Å². The second kappa shape index (κ2) is 4.23. The van der Waals surface area contributed by atoms with Crippen LogP contribution in [0.25, 0.3) is 0 Å². The predicted octanol–water partition coefficient (Wildman–Crippen LogP) is 2.53. The lowest BCUT2D eigenvalue weighted by Gasteiger charge is -2.39. The highest BCUT2D eigenvalue weighted by Gasteiger charge is 2.45. The molecule has 1 fully saturated rings. The molecule has 5 heteroatoms. The zero-order valence-electron chi connectivity index (χ0n) is 8.41. The summed E-state index contributed by atoms with van der Waals surface area (Å²) in [4.78, 5) is 0. The molecule has 84 valence electrons. The first-order valence-electron chi connectivity index (χ1n) is 4.78. The number of benzene rings is 1. The summed E-state index contributed by atoms with van der Waals surface area (Å²) in [6, 6.07) is 6.99. The summed E-state index contributed by atoms with van der Waals surface area (Å²) >= 11 is 11.7. The van der Waals surface area contributed by atoms with E-state index in [0.29, 0.717) is 23.3 Å². The lowest BCUT2D eigenvalue weighted by molar-refractivity contribution is -0.0910. The third-order valence-corrected chi connectivity index (χ3v) is 3.58. The molecule has 1 unspecified atom stereocenters. The zero-order chi connectivity index (χ0) is 11.8. The average molecular weight is 257 g/mol. The van der Waals surface area contributed by atoms with Crippen molar-refractivity contribution in [1.82, 2.24) is 0 Å². The first kappa shape index (κ1) is 11.7. The van der Waals surface area contributed by atoms with Crippen LogP contribution in [0.3, 0.4) is 0 Å². The van der Waals surface area contributed by atoms with Gasteiger partial charge in [0.15, 0.2) is 0 Å². The SMILES string of the molecule is N#CC1(C(N)c2ccc(Cl)c(Cl)c2)COC1. The molecule has 1 heterocycles. The molecule has 0 bridgehead atoms. The third-order valence-electron chi connectivity index (χ3n) is 2.84. The second-order valence-electron chi connectivity index (χ2n) is 3.91. The molecule has 0 aliphatic carbocycles. The van der Waals surface area contributed by atoms with Crippen molar-refractivity contribution < 1.29 is 4.74 Å². The number of hydrogen-bond acceptors (Lipinski definition) is 3. The van der Waals surface area contributed by atoms with Gasteiger partial charge in [0, 0.05) is 0 Å². The standard InChI is InChI=1S/C11H10Cl2N2O/c12-8-2-1-7(3-9(8)13)10(15)11(4-14)5-16-6-11/h1-3,10H,5-6,15H2. The highest BCUT2D eigenvalue weighted by molar-refractivity contribution is 6.42. The summed E-state index contributed by atoms with van der Waals surface area (Å²) in [5, 5.41) is 10.1. The summed E-state index contributed by atoms with van der Waals surface area (Å²) < 4.78 is 5.06. The van der Waals surface area contributed by atoms with Gasteiger partial charge in [0.05, 0.1) is 35.4 Å². The van der Waals surface area contributed by atoms with Crippen molar-refractivity contribution in [3.63, 3.8) is 0 Å². The molecule has 3 nitrogen and oxygen atoms in total. The van der Waals surface area contributed by atoms with Gasteiger partial charge in [-0.25, -0.2) is 0 Å². The summed E-state index contributed by atoms with van der Waals surface area (Å²) in [5.74, 6) is 0. The Morgan fingerprint density at radius 1 is 1.38 bits per heavy atom. The molecule has 1 saturated heterocycles. The quantitative estimate of drug-likeness (QED) is 0.885. The lowest BCUT2D eigenvalue weighted by atomic mass is 9.77. The Morgan fingerprint density at radius 3 is 2.50 bits per heavy atom. The van der Waals surface area contributed by atoms with Crippen molar-refractivity contribution >= 4 is 23.2 Å². The molecule has 2 N–H and O–H groups in total. The van der Waals surface area contributed by atoms with Crippen molar-refractivity contribution in [2.24, 2.45) is 11.1 Å². The maximum absolute atomic E-state index is 9.12.